The molecule has 1 N–H and O–H groups in total. The average molecular weight is 1220 g/mol. The Kier molecular flexibility index (Phi) is 22.3. The van der Waals surface area contributed by atoms with Crippen LogP contribution in [0.3, 0.4) is 0 Å². The van der Waals surface area contributed by atoms with Crippen LogP contribution in [-0.4, -0.2) is 160 Å². The van der Waals surface area contributed by atoms with Crippen molar-refractivity contribution in [2.45, 2.75) is 247 Å². The highest BCUT2D eigenvalue weighted by Gasteiger charge is 2.62. The van der Waals surface area contributed by atoms with Crippen molar-refractivity contribution in [3.8, 4) is 0 Å². The number of aliphatic hydroxyl groups is 1. The second kappa shape index (κ2) is 27.2. The number of hydrogen-bond donors (Lipinski definition) is 1. The van der Waals surface area contributed by atoms with Gasteiger partial charge in [0.25, 0.3) is 0 Å². The van der Waals surface area contributed by atoms with Gasteiger partial charge in [0, 0.05) is 51.7 Å². The molecule has 7 aliphatic rings. The lowest BCUT2D eigenvalue weighted by atomic mass is 9.71. The van der Waals surface area contributed by atoms with Gasteiger partial charge in [-0.2, -0.15) is 0 Å². The van der Waals surface area contributed by atoms with Crippen LogP contribution in [0.25, 0.3) is 0 Å². The first-order chi connectivity index (χ1) is 37.9. The molecule has 1 spiro atoms. The predicted octanol–water partition coefficient (Wildman–Crippen LogP) is 10.7. The van der Waals surface area contributed by atoms with E-state index in [1.54, 1.807) is 14.0 Å². The summed E-state index contributed by atoms with van der Waals surface area (Å²) in [5.41, 5.74) is 0.516. The molecule has 0 amide bonds. The molecule has 6 aliphatic heterocycles. The van der Waals surface area contributed by atoms with E-state index >= 15 is 0 Å². The van der Waals surface area contributed by atoms with Crippen molar-refractivity contribution in [3.63, 3.8) is 0 Å². The van der Waals surface area contributed by atoms with Crippen LogP contribution >= 0.6 is 34.8 Å². The van der Waals surface area contributed by atoms with E-state index in [1.165, 1.54) is 7.11 Å². The van der Waals surface area contributed by atoms with E-state index in [9.17, 15) is 19.5 Å². The molecule has 0 aromatic heterocycles. The normalized spacial score (nSPS) is 40.9. The molecule has 4 fully saturated rings. The summed E-state index contributed by atoms with van der Waals surface area (Å²) in [4.78, 5) is 39.9. The number of carbonyl (C=O) groups excluding carboxylic acids is 3. The zero-order chi connectivity index (χ0) is 59.6. The molecule has 1 aliphatic carbocycles. The van der Waals surface area contributed by atoms with Crippen LogP contribution in [0, 0.1) is 23.7 Å². The number of alkyl halides is 3. The Bertz CT molecular complexity index is 2350. The summed E-state index contributed by atoms with van der Waals surface area (Å²) in [5.74, 6) is -3.97. The molecule has 6 heterocycles. The highest BCUT2D eigenvalue weighted by molar-refractivity contribution is 6.74. The summed E-state index contributed by atoms with van der Waals surface area (Å²) >= 11 is 17.0. The van der Waals surface area contributed by atoms with Crippen LogP contribution in [0.2, 0.25) is 18.1 Å². The molecule has 0 saturated carbocycles. The van der Waals surface area contributed by atoms with Crippen LogP contribution in [0.4, 0.5) is 0 Å². The number of esters is 3. The Labute approximate surface area is 496 Å². The molecule has 2 bridgehead atoms. The molecule has 7 rings (SSSR count). The second-order valence-electron chi connectivity index (χ2n) is 25.0. The van der Waals surface area contributed by atoms with Crippen molar-refractivity contribution in [2.24, 2.45) is 23.7 Å². The van der Waals surface area contributed by atoms with Gasteiger partial charge in [-0.3, -0.25) is 14.4 Å². The maximum atomic E-state index is 14.9. The monoisotopic (exact) mass is 1220 g/mol. The molecule has 0 aromatic rings. The Morgan fingerprint density at radius 1 is 0.852 bits per heavy atom. The van der Waals surface area contributed by atoms with Gasteiger partial charge >= 0.3 is 17.9 Å². The van der Waals surface area contributed by atoms with Gasteiger partial charge < -0.3 is 66.4 Å². The summed E-state index contributed by atoms with van der Waals surface area (Å²) in [6.07, 6.45) is 7.75. The smallest absolute Gasteiger partial charge is 0.316 e. The van der Waals surface area contributed by atoms with E-state index < -0.39 is 134 Å². The number of hydrogen-bond acceptors (Lipinski definition) is 17. The highest BCUT2D eigenvalue weighted by Crippen LogP contribution is 2.50. The quantitative estimate of drug-likeness (QED) is 0.0535. The number of fused-ring (bicyclic) bond motifs is 2. The lowest BCUT2D eigenvalue weighted by Crippen LogP contribution is -2.60. The van der Waals surface area contributed by atoms with Gasteiger partial charge in [-0.15, -0.1) is 0 Å². The number of rotatable bonds is 15. The summed E-state index contributed by atoms with van der Waals surface area (Å²) in [6.45, 7) is 26.7. The Balaban J connectivity index is 1.12. The minimum atomic E-state index is -2.41. The zero-order valence-corrected chi connectivity index (χ0v) is 53.4. The molecule has 458 valence electrons. The van der Waals surface area contributed by atoms with E-state index in [2.05, 4.69) is 73.7 Å². The van der Waals surface area contributed by atoms with E-state index in [0.29, 0.717) is 24.8 Å². The summed E-state index contributed by atoms with van der Waals surface area (Å²) in [7, 11) is 0.727. The third-order valence-electron chi connectivity index (χ3n) is 17.9. The first-order valence-corrected chi connectivity index (χ1v) is 33.0. The van der Waals surface area contributed by atoms with Gasteiger partial charge in [0.05, 0.1) is 62.2 Å². The van der Waals surface area contributed by atoms with Crippen LogP contribution in [-0.2, 0) is 75.7 Å². The van der Waals surface area contributed by atoms with E-state index in [0.717, 1.165) is 17.6 Å². The lowest BCUT2D eigenvalue weighted by molar-refractivity contribution is -0.319. The zero-order valence-electron chi connectivity index (χ0n) is 50.1. The van der Waals surface area contributed by atoms with Gasteiger partial charge in [-0.05, 0) is 81.0 Å². The van der Waals surface area contributed by atoms with Crippen LogP contribution in [0.15, 0.2) is 59.3 Å². The van der Waals surface area contributed by atoms with Gasteiger partial charge in [0.15, 0.2) is 32.8 Å². The molecular weight excluding hydrogens is 1130 g/mol. The van der Waals surface area contributed by atoms with Crippen molar-refractivity contribution in [1.29, 1.82) is 0 Å². The maximum Gasteiger partial charge on any atom is 0.316 e. The summed E-state index contributed by atoms with van der Waals surface area (Å²) < 4.78 is 81.7. The largest absolute Gasteiger partial charge is 0.462 e. The predicted molar refractivity (Wildman–Crippen MR) is 308 cm³/mol. The van der Waals surface area contributed by atoms with Gasteiger partial charge in [-0.25, -0.2) is 0 Å². The molecular formula is C60H91Cl3O17Si. The standard InChI is InChI=1S/C60H91Cl3O17Si/c1-16-33(2)51-36(5)24-25-58(79-51)30-42-27-41(78-58)21-20-35(4)50(34(3)18-17-19-40-31-70-55-52(80-81(14,15)57(9,10)11)37(6)26-43(56(66)74-42)60(40,55)67)76-48-29-45(69-13)54(39(8)73-48)77-49-28-44(68-12)53(38(7)72-49)75-47(65)23-22-46(64)71-32-59(61,62)63/h17-20,24-26,33-34,36,38-39,41-45,48-55,67H,16,21-23,27-32H2,1-15H3/b18-17+,35-20+,40-19+/t33-,34-,36-,38-,39-,41+,42-,43-,44+,45+,48-,49-,50-,51+,52+,53-,54-,55+,58+,60+/m0/s1. The van der Waals surface area contributed by atoms with Crippen LogP contribution in [0.1, 0.15) is 128 Å². The lowest BCUT2D eigenvalue weighted by Gasteiger charge is -2.49. The van der Waals surface area contributed by atoms with Crippen molar-refractivity contribution in [1.82, 2.24) is 0 Å². The minimum absolute atomic E-state index is 0.0831. The Morgan fingerprint density at radius 3 is 2.14 bits per heavy atom. The fraction of sp³-hybridized carbons (Fsp3) is 0.783. The molecule has 0 aromatic carbocycles. The molecule has 17 nitrogen and oxygen atoms in total. The number of methoxy groups -OCH3 is 2. The fourth-order valence-electron chi connectivity index (χ4n) is 12.0. The average Bonchev–Trinajstić information content (AvgIpc) is 3.11. The van der Waals surface area contributed by atoms with Crippen molar-refractivity contribution in [3.05, 3.63) is 59.3 Å². The Morgan fingerprint density at radius 2 is 1.49 bits per heavy atom. The minimum Gasteiger partial charge on any atom is -0.462 e. The molecule has 81 heavy (non-hydrogen) atoms. The van der Waals surface area contributed by atoms with Gasteiger partial charge in [-0.1, -0.05) is 126 Å². The van der Waals surface area contributed by atoms with E-state index in [4.69, 9.17) is 96.1 Å². The molecule has 0 unspecified atom stereocenters. The molecule has 21 heteroatoms. The first-order valence-electron chi connectivity index (χ1n) is 29.0. The van der Waals surface area contributed by atoms with Gasteiger partial charge in [0.1, 0.15) is 42.5 Å². The van der Waals surface area contributed by atoms with E-state index in [-0.39, 0.29) is 61.2 Å². The topological polar surface area (TPSA) is 191 Å². The number of carbonyl (C=O) groups is 3. The number of ether oxygens (including phenoxy) is 12. The second-order valence-corrected chi connectivity index (χ2v) is 32.3. The maximum absolute atomic E-state index is 14.9. The third kappa shape index (κ3) is 15.9. The first kappa shape index (κ1) is 66.3. The third-order valence-corrected chi connectivity index (χ3v) is 22.6. The summed E-state index contributed by atoms with van der Waals surface area (Å²) in [6, 6.07) is 0. The SMILES string of the molecule is CC[C@H](C)[C@H]1O[C@]2(C=C[C@@H]1C)C[C@@H]1C[C@@H](C/C=C(\C)[C@@H](O[C@H]3C[C@@H](OC)[C@@H](O[C@H]4C[C@@H](OC)[C@@H](OC(=O)CCC(=O)OCC(Cl)(Cl)Cl)[C@H](C)O4)[C@H](C)O3)[C@@H](C)/C=C/C=C3\CO[C@@H]4[C@H](O[Si](C)(C)C(C)(C)C)C(C)=C[C@@H](C(=O)O1)[C@]34O)O2. The van der Waals surface area contributed by atoms with E-state index in [1.807, 2.05) is 51.2 Å². The van der Waals surface area contributed by atoms with Crippen LogP contribution < -0.4 is 0 Å². The van der Waals surface area contributed by atoms with Crippen LogP contribution in [0.5, 0.6) is 0 Å². The van der Waals surface area contributed by atoms with Crippen molar-refractivity contribution >= 4 is 61.0 Å². The molecule has 4 saturated heterocycles. The highest BCUT2D eigenvalue weighted by atomic mass is 35.6. The molecule has 0 radical (unpaired) electrons. The molecule has 20 atom stereocenters. The number of allylic oxidation sites excluding steroid dienone is 2. The van der Waals surface area contributed by atoms with Gasteiger partial charge in [0.2, 0.25) is 3.79 Å². The van der Waals surface area contributed by atoms with Crippen molar-refractivity contribution in [2.75, 3.05) is 27.4 Å². The number of halogens is 3. The van der Waals surface area contributed by atoms with Crippen molar-refractivity contribution < 1.29 is 80.8 Å². The fourth-order valence-corrected chi connectivity index (χ4v) is 13.5. The Hall–Kier alpha value is -2.24. The summed E-state index contributed by atoms with van der Waals surface area (Å²) in [5, 5.41) is 13.1.